The number of carbonyl (C=O) groups is 2. The zero-order chi connectivity index (χ0) is 15.8. The van der Waals surface area contributed by atoms with Crippen LogP contribution in [0, 0.1) is 0 Å². The van der Waals surface area contributed by atoms with Crippen LogP contribution in [0.3, 0.4) is 0 Å². The average molecular weight is 407 g/mol. The summed E-state index contributed by atoms with van der Waals surface area (Å²) in [4.78, 5) is 22.3. The molecule has 0 fully saturated rings. The van der Waals surface area contributed by atoms with Gasteiger partial charge in [-0.2, -0.15) is 0 Å². The maximum Gasteiger partial charge on any atom is 0.309 e. The summed E-state index contributed by atoms with van der Waals surface area (Å²) in [6, 6.07) is 0. The Labute approximate surface area is 146 Å². The fourth-order valence-corrected chi connectivity index (χ4v) is 1.13. The topological polar surface area (TPSA) is 52.6 Å². The Morgan fingerprint density at radius 1 is 0.750 bits per heavy atom. The molecule has 0 saturated carbocycles. The molecule has 0 rings (SSSR count). The molecule has 0 radical (unpaired) electrons. The summed E-state index contributed by atoms with van der Waals surface area (Å²) in [5.74, 6) is -1.19. The van der Waals surface area contributed by atoms with E-state index in [2.05, 4.69) is 9.47 Å². The predicted octanol–water partition coefficient (Wildman–Crippen LogP) is 4.15. The Morgan fingerprint density at radius 2 is 1.05 bits per heavy atom. The number of alkyl halides is 6. The molecule has 0 unspecified atom stereocenters. The number of carbonyl (C=O) groups excluding carboxylic acids is 2. The van der Waals surface area contributed by atoms with Gasteiger partial charge < -0.3 is 9.47 Å². The highest BCUT2D eigenvalue weighted by atomic mass is 35.6. The molecule has 0 aromatic heterocycles. The Kier molecular flexibility index (Phi) is 9.64. The second-order valence-corrected chi connectivity index (χ2v) is 8.46. The van der Waals surface area contributed by atoms with E-state index in [1.807, 2.05) is 0 Å². The van der Waals surface area contributed by atoms with E-state index in [-0.39, 0.29) is 26.1 Å². The first-order valence-corrected chi connectivity index (χ1v) is 7.36. The minimum absolute atomic E-state index is 0.0709. The number of halogens is 6. The molecule has 0 aliphatic carbocycles. The SMILES string of the molecule is O=C(C/C=C/CC(=O)OCC(Cl)(Cl)Cl)OCC(Cl)(Cl)Cl. The third-order valence-electron chi connectivity index (χ3n) is 1.53. The van der Waals surface area contributed by atoms with Crippen molar-refractivity contribution in [2.75, 3.05) is 13.2 Å². The molecule has 0 aliphatic heterocycles. The molecule has 0 aromatic carbocycles. The van der Waals surface area contributed by atoms with Gasteiger partial charge in [-0.25, -0.2) is 0 Å². The normalized spacial score (nSPS) is 12.5. The summed E-state index contributed by atoms with van der Waals surface area (Å²) in [6.45, 7) is -0.703. The third-order valence-corrected chi connectivity index (χ3v) is 2.18. The number of rotatable bonds is 6. The van der Waals surface area contributed by atoms with Crippen LogP contribution in [0.25, 0.3) is 0 Å². The number of hydrogen-bond donors (Lipinski definition) is 0. The van der Waals surface area contributed by atoms with Crippen LogP contribution in [0.1, 0.15) is 12.8 Å². The van der Waals surface area contributed by atoms with E-state index in [1.54, 1.807) is 0 Å². The summed E-state index contributed by atoms with van der Waals surface area (Å²) in [5, 5.41) is 0. The van der Waals surface area contributed by atoms with Crippen molar-refractivity contribution in [2.24, 2.45) is 0 Å². The highest BCUT2D eigenvalue weighted by Gasteiger charge is 2.22. The van der Waals surface area contributed by atoms with Gasteiger partial charge in [0.05, 0.1) is 12.8 Å². The summed E-state index contributed by atoms with van der Waals surface area (Å²) in [7, 11) is 0. The van der Waals surface area contributed by atoms with Crippen molar-refractivity contribution in [1.29, 1.82) is 0 Å². The van der Waals surface area contributed by atoms with Crippen LogP contribution in [0.2, 0.25) is 0 Å². The lowest BCUT2D eigenvalue weighted by Crippen LogP contribution is -2.17. The first kappa shape index (κ1) is 20.4. The molecule has 4 nitrogen and oxygen atoms in total. The molecule has 0 bridgehead atoms. The van der Waals surface area contributed by atoms with Crippen molar-refractivity contribution < 1.29 is 19.1 Å². The Balaban J connectivity index is 3.81. The van der Waals surface area contributed by atoms with E-state index in [9.17, 15) is 9.59 Å². The number of ether oxygens (including phenoxy) is 2. The first-order chi connectivity index (χ1) is 8.99. The Bertz CT molecular complexity index is 324. The lowest BCUT2D eigenvalue weighted by Gasteiger charge is -2.10. The summed E-state index contributed by atoms with van der Waals surface area (Å²) in [6.07, 6.45) is 2.69. The van der Waals surface area contributed by atoms with Gasteiger partial charge in [0.15, 0.2) is 0 Å². The van der Waals surface area contributed by atoms with E-state index in [0.29, 0.717) is 0 Å². The zero-order valence-corrected chi connectivity index (χ0v) is 14.4. The lowest BCUT2D eigenvalue weighted by atomic mass is 10.3. The van der Waals surface area contributed by atoms with E-state index < -0.39 is 19.5 Å². The van der Waals surface area contributed by atoms with Gasteiger partial charge in [0, 0.05) is 0 Å². The largest absolute Gasteiger partial charge is 0.461 e. The number of hydrogen-bond acceptors (Lipinski definition) is 4. The molecular formula is C10H10Cl6O4. The van der Waals surface area contributed by atoms with Crippen molar-refractivity contribution in [3.05, 3.63) is 12.2 Å². The smallest absolute Gasteiger partial charge is 0.309 e. The first-order valence-electron chi connectivity index (χ1n) is 5.09. The predicted molar refractivity (Wildman–Crippen MR) is 80.9 cm³/mol. The molecule has 0 spiro atoms. The van der Waals surface area contributed by atoms with E-state index >= 15 is 0 Å². The molecule has 0 aliphatic rings. The highest BCUT2D eigenvalue weighted by Crippen LogP contribution is 2.26. The summed E-state index contributed by atoms with van der Waals surface area (Å²) in [5.41, 5.74) is 0. The molecule has 116 valence electrons. The van der Waals surface area contributed by atoms with Gasteiger partial charge >= 0.3 is 11.9 Å². The average Bonchev–Trinajstić information content (AvgIpc) is 2.27. The van der Waals surface area contributed by atoms with Gasteiger partial charge in [0.2, 0.25) is 7.59 Å². The van der Waals surface area contributed by atoms with E-state index in [1.165, 1.54) is 12.2 Å². The Morgan fingerprint density at radius 3 is 1.30 bits per heavy atom. The van der Waals surface area contributed by atoms with Crippen molar-refractivity contribution in [2.45, 2.75) is 20.4 Å². The molecule has 0 saturated heterocycles. The van der Waals surface area contributed by atoms with E-state index in [0.717, 1.165) is 0 Å². The standard InChI is InChI=1S/C10H10Cl6O4/c11-9(12,13)5-19-7(17)3-1-2-4-8(18)20-6-10(14,15)16/h1-2H,3-6H2/b2-1+. The molecule has 0 aromatic rings. The number of esters is 2. The van der Waals surface area contributed by atoms with Crippen LogP contribution in [0.5, 0.6) is 0 Å². The molecular weight excluding hydrogens is 397 g/mol. The van der Waals surface area contributed by atoms with Gasteiger partial charge in [-0.3, -0.25) is 9.59 Å². The maximum absolute atomic E-state index is 11.2. The maximum atomic E-state index is 11.2. The van der Waals surface area contributed by atoms with Gasteiger partial charge in [0.1, 0.15) is 13.2 Å². The minimum Gasteiger partial charge on any atom is -0.461 e. The second kappa shape index (κ2) is 9.44. The van der Waals surface area contributed by atoms with Crippen LogP contribution in [-0.2, 0) is 19.1 Å². The summed E-state index contributed by atoms with van der Waals surface area (Å²) < 4.78 is 6.00. The Hall–Kier alpha value is 0.420. The van der Waals surface area contributed by atoms with Crippen LogP contribution in [0.4, 0.5) is 0 Å². The van der Waals surface area contributed by atoms with Gasteiger partial charge in [-0.15, -0.1) is 0 Å². The zero-order valence-electron chi connectivity index (χ0n) is 9.88. The lowest BCUT2D eigenvalue weighted by molar-refractivity contribution is -0.143. The van der Waals surface area contributed by atoms with Crippen molar-refractivity contribution in [1.82, 2.24) is 0 Å². The molecule has 0 N–H and O–H groups in total. The van der Waals surface area contributed by atoms with Crippen LogP contribution in [0.15, 0.2) is 12.2 Å². The quantitative estimate of drug-likeness (QED) is 0.378. The van der Waals surface area contributed by atoms with Crippen molar-refractivity contribution in [3.63, 3.8) is 0 Å². The van der Waals surface area contributed by atoms with Gasteiger partial charge in [0.25, 0.3) is 0 Å². The van der Waals surface area contributed by atoms with Gasteiger partial charge in [-0.1, -0.05) is 81.8 Å². The molecule has 0 atom stereocenters. The van der Waals surface area contributed by atoms with Crippen LogP contribution >= 0.6 is 69.6 Å². The fraction of sp³-hybridized carbons (Fsp3) is 0.600. The monoisotopic (exact) mass is 404 g/mol. The summed E-state index contributed by atoms with van der Waals surface area (Å²) >= 11 is 32.4. The highest BCUT2D eigenvalue weighted by molar-refractivity contribution is 6.68. The third kappa shape index (κ3) is 14.8. The fourth-order valence-electron chi connectivity index (χ4n) is 0.802. The molecule has 10 heteroatoms. The van der Waals surface area contributed by atoms with Crippen LogP contribution in [-0.4, -0.2) is 32.7 Å². The van der Waals surface area contributed by atoms with Crippen molar-refractivity contribution >= 4 is 81.5 Å². The molecule has 20 heavy (non-hydrogen) atoms. The molecule has 0 amide bonds. The van der Waals surface area contributed by atoms with Crippen molar-refractivity contribution in [3.8, 4) is 0 Å². The minimum atomic E-state index is -1.65. The van der Waals surface area contributed by atoms with E-state index in [4.69, 9.17) is 69.6 Å². The molecule has 0 heterocycles. The van der Waals surface area contributed by atoms with Crippen LogP contribution < -0.4 is 0 Å². The second-order valence-electron chi connectivity index (χ2n) is 3.43. The van der Waals surface area contributed by atoms with Gasteiger partial charge in [-0.05, 0) is 0 Å².